The lowest BCUT2D eigenvalue weighted by Crippen LogP contribution is -2.17. The Morgan fingerprint density at radius 1 is 1.12 bits per heavy atom. The van der Waals surface area contributed by atoms with E-state index in [1.54, 1.807) is 6.26 Å². The molecule has 4 rings (SSSR count). The van der Waals surface area contributed by atoms with Crippen molar-refractivity contribution in [2.75, 3.05) is 18.1 Å². The minimum atomic E-state index is 0.138. The van der Waals surface area contributed by atoms with Crippen LogP contribution in [0.15, 0.2) is 12.8 Å². The molecule has 0 unspecified atom stereocenters. The van der Waals surface area contributed by atoms with Gasteiger partial charge >= 0.3 is 0 Å². The quantitative estimate of drug-likeness (QED) is 0.386. The van der Waals surface area contributed by atoms with Crippen molar-refractivity contribution in [3.8, 4) is 0 Å². The Kier molecular flexibility index (Phi) is 12.1. The molecule has 2 aliphatic rings. The van der Waals surface area contributed by atoms with Gasteiger partial charge in [0, 0.05) is 40.1 Å². The molecule has 0 saturated carbocycles. The van der Waals surface area contributed by atoms with Crippen LogP contribution in [-0.2, 0) is 36.5 Å². The Labute approximate surface area is 218 Å². The SMILES string of the molecule is C=CN.CC.CS.Cc1sc(C(C)(C)C)nc1CCNc1c2c(nc3c1CCC3(C)C)CCC2. The molecule has 0 bridgehead atoms. The van der Waals surface area contributed by atoms with Crippen LogP contribution in [0.1, 0.15) is 99.4 Å². The van der Waals surface area contributed by atoms with Gasteiger partial charge in [0.1, 0.15) is 0 Å². The Morgan fingerprint density at radius 3 is 2.29 bits per heavy atom. The molecule has 0 aromatic carbocycles. The third-order valence-electron chi connectivity index (χ3n) is 6.16. The molecule has 0 radical (unpaired) electrons. The number of thiol groups is 1. The van der Waals surface area contributed by atoms with E-state index >= 15 is 0 Å². The monoisotopic (exact) mass is 504 g/mol. The first-order valence-corrected chi connectivity index (χ1v) is 14.3. The van der Waals surface area contributed by atoms with E-state index in [1.807, 2.05) is 25.2 Å². The Bertz CT molecular complexity index is 923. The number of aryl methyl sites for hydroxylation is 2. The molecule has 0 atom stereocenters. The smallest absolute Gasteiger partial charge is 0.0984 e. The summed E-state index contributed by atoms with van der Waals surface area (Å²) in [7, 11) is 0. The van der Waals surface area contributed by atoms with E-state index in [1.165, 1.54) is 69.2 Å². The van der Waals surface area contributed by atoms with Crippen molar-refractivity contribution < 1.29 is 0 Å². The molecule has 2 heterocycles. The summed E-state index contributed by atoms with van der Waals surface area (Å²) in [5.41, 5.74) is 13.3. The summed E-state index contributed by atoms with van der Waals surface area (Å²) in [4.78, 5) is 11.4. The Hall–Kier alpha value is -1.53. The number of hydrogen-bond acceptors (Lipinski definition) is 6. The second-order valence-electron chi connectivity index (χ2n) is 10.2. The van der Waals surface area contributed by atoms with Crippen molar-refractivity contribution in [1.29, 1.82) is 0 Å². The van der Waals surface area contributed by atoms with Gasteiger partial charge in [0.05, 0.1) is 16.4 Å². The van der Waals surface area contributed by atoms with Gasteiger partial charge in [-0.15, -0.1) is 11.3 Å². The van der Waals surface area contributed by atoms with Crippen LogP contribution in [0.5, 0.6) is 0 Å². The molecule has 4 nitrogen and oxygen atoms in total. The van der Waals surface area contributed by atoms with Crippen molar-refractivity contribution in [3.63, 3.8) is 0 Å². The minimum Gasteiger partial charge on any atom is -0.405 e. The second-order valence-corrected chi connectivity index (χ2v) is 11.4. The fourth-order valence-electron chi connectivity index (χ4n) is 4.48. The molecule has 0 saturated heterocycles. The van der Waals surface area contributed by atoms with Crippen molar-refractivity contribution >= 4 is 29.7 Å². The highest BCUT2D eigenvalue weighted by Gasteiger charge is 2.36. The summed E-state index contributed by atoms with van der Waals surface area (Å²) in [5, 5.41) is 5.08. The van der Waals surface area contributed by atoms with Gasteiger partial charge in [0.25, 0.3) is 0 Å². The molecule has 0 amide bonds. The highest BCUT2D eigenvalue weighted by Crippen LogP contribution is 2.44. The molecule has 0 fully saturated rings. The van der Waals surface area contributed by atoms with E-state index in [0.29, 0.717) is 0 Å². The first-order chi connectivity index (χ1) is 16.1. The number of thiazole rings is 1. The standard InChI is InChI=1S/C23H33N3S.C2H5N.C2H6.CH4S/c1-14-17(26-21(27-14)22(2,3)4)11-13-24-19-15-8-7-9-18(15)25-20-16(19)10-12-23(20,5)6;1-2-3;2*1-2/h7-13H2,1-6H3,(H,24,25);2H,1,3H2;1-2H3;2H,1H3. The minimum absolute atomic E-state index is 0.138. The highest BCUT2D eigenvalue weighted by molar-refractivity contribution is 7.79. The average molecular weight is 505 g/mol. The molecule has 0 spiro atoms. The van der Waals surface area contributed by atoms with Gasteiger partial charge < -0.3 is 11.1 Å². The van der Waals surface area contributed by atoms with Gasteiger partial charge in [-0.2, -0.15) is 12.6 Å². The molecule has 2 aliphatic carbocycles. The van der Waals surface area contributed by atoms with E-state index in [2.05, 4.69) is 71.8 Å². The molecule has 3 N–H and O–H groups in total. The lowest BCUT2D eigenvalue weighted by molar-refractivity contribution is 0.508. The van der Waals surface area contributed by atoms with Gasteiger partial charge in [0.2, 0.25) is 0 Å². The third-order valence-corrected chi connectivity index (χ3v) is 7.60. The maximum Gasteiger partial charge on any atom is 0.0984 e. The third kappa shape index (κ3) is 7.24. The molecular weight excluding hydrogens is 456 g/mol. The summed E-state index contributed by atoms with van der Waals surface area (Å²) in [6.45, 7) is 21.8. The lowest BCUT2D eigenvalue weighted by Gasteiger charge is -2.21. The van der Waals surface area contributed by atoms with Gasteiger partial charge in [-0.05, 0) is 62.6 Å². The van der Waals surface area contributed by atoms with Crippen molar-refractivity contribution in [2.45, 2.75) is 105 Å². The summed E-state index contributed by atoms with van der Waals surface area (Å²) < 4.78 is 0. The summed E-state index contributed by atoms with van der Waals surface area (Å²) in [6.07, 6.45) is 9.89. The summed E-state index contributed by atoms with van der Waals surface area (Å²) in [5.74, 6) is 0. The fraction of sp³-hybridized carbons (Fsp3) is 0.643. The number of hydrogen-bond donors (Lipinski definition) is 3. The van der Waals surface area contributed by atoms with Gasteiger partial charge in [0.15, 0.2) is 0 Å². The summed E-state index contributed by atoms with van der Waals surface area (Å²) >= 11 is 5.39. The first-order valence-electron chi connectivity index (χ1n) is 12.6. The number of fused-ring (bicyclic) bond motifs is 2. The van der Waals surface area contributed by atoms with E-state index in [0.717, 1.165) is 25.8 Å². The van der Waals surface area contributed by atoms with Crippen LogP contribution in [0.2, 0.25) is 0 Å². The molecule has 2 aromatic heterocycles. The topological polar surface area (TPSA) is 63.8 Å². The Balaban J connectivity index is 0.000000750. The van der Waals surface area contributed by atoms with Crippen LogP contribution in [0.3, 0.4) is 0 Å². The normalized spacial score (nSPS) is 14.9. The van der Waals surface area contributed by atoms with Crippen LogP contribution in [0, 0.1) is 6.92 Å². The molecule has 6 heteroatoms. The maximum atomic E-state index is 5.11. The first kappa shape index (κ1) is 30.5. The molecular formula is C28H48N4S2. The van der Waals surface area contributed by atoms with Crippen molar-refractivity contribution in [1.82, 2.24) is 9.97 Å². The Morgan fingerprint density at radius 2 is 1.74 bits per heavy atom. The largest absolute Gasteiger partial charge is 0.405 e. The van der Waals surface area contributed by atoms with E-state index in [4.69, 9.17) is 9.97 Å². The number of aromatic nitrogens is 2. The van der Waals surface area contributed by atoms with Crippen LogP contribution in [-0.4, -0.2) is 22.8 Å². The molecule has 34 heavy (non-hydrogen) atoms. The predicted molar refractivity (Wildman–Crippen MR) is 156 cm³/mol. The van der Waals surface area contributed by atoms with E-state index < -0.39 is 0 Å². The lowest BCUT2D eigenvalue weighted by atomic mass is 9.90. The number of anilines is 1. The number of pyridine rings is 1. The van der Waals surface area contributed by atoms with Crippen LogP contribution in [0.4, 0.5) is 5.69 Å². The highest BCUT2D eigenvalue weighted by atomic mass is 32.1. The van der Waals surface area contributed by atoms with E-state index in [-0.39, 0.29) is 10.8 Å². The average Bonchev–Trinajstić information content (AvgIpc) is 3.49. The van der Waals surface area contributed by atoms with Gasteiger partial charge in [-0.25, -0.2) is 4.98 Å². The van der Waals surface area contributed by atoms with Crippen LogP contribution < -0.4 is 11.1 Å². The molecule has 2 aromatic rings. The van der Waals surface area contributed by atoms with Crippen molar-refractivity contribution in [3.05, 3.63) is 50.9 Å². The molecule has 0 aliphatic heterocycles. The molecule has 192 valence electrons. The zero-order chi connectivity index (χ0) is 26.1. The predicted octanol–water partition coefficient (Wildman–Crippen LogP) is 7.17. The zero-order valence-corrected chi connectivity index (χ0v) is 24.8. The van der Waals surface area contributed by atoms with E-state index in [9.17, 15) is 0 Å². The van der Waals surface area contributed by atoms with Crippen LogP contribution >= 0.6 is 24.0 Å². The number of rotatable bonds is 4. The van der Waals surface area contributed by atoms with Gasteiger partial charge in [-0.3, -0.25) is 4.98 Å². The number of nitrogens with zero attached hydrogens (tertiary/aromatic N) is 2. The zero-order valence-electron chi connectivity index (χ0n) is 23.1. The summed E-state index contributed by atoms with van der Waals surface area (Å²) in [6, 6.07) is 0. The number of nitrogens with two attached hydrogens (primary N) is 1. The van der Waals surface area contributed by atoms with Crippen molar-refractivity contribution in [2.24, 2.45) is 5.73 Å². The maximum absolute atomic E-state index is 5.11. The second kappa shape index (κ2) is 13.5. The van der Waals surface area contributed by atoms with Crippen LogP contribution in [0.25, 0.3) is 0 Å². The van der Waals surface area contributed by atoms with Gasteiger partial charge in [-0.1, -0.05) is 55.0 Å². The fourth-order valence-corrected chi connectivity index (χ4v) is 5.50. The number of nitrogens with one attached hydrogen (secondary N) is 1.